The average Bonchev–Trinajstić information content (AvgIpc) is 2.80. The van der Waals surface area contributed by atoms with Crippen LogP contribution in [0.5, 0.6) is 11.6 Å². The third-order valence-corrected chi connectivity index (χ3v) is 3.48. The molecule has 2 heterocycles. The van der Waals surface area contributed by atoms with E-state index in [4.69, 9.17) is 10.5 Å². The predicted molar refractivity (Wildman–Crippen MR) is 78.0 cm³/mol. The van der Waals surface area contributed by atoms with E-state index in [1.165, 1.54) is 6.33 Å². The number of halogens is 2. The van der Waals surface area contributed by atoms with Crippen molar-refractivity contribution >= 4 is 49.0 Å². The number of nitrogens with zero attached hydrogens (tertiary/aromatic N) is 3. The molecule has 0 aliphatic rings. The van der Waals surface area contributed by atoms with Gasteiger partial charge in [-0.15, -0.1) is 0 Å². The van der Waals surface area contributed by atoms with Gasteiger partial charge in [-0.25, -0.2) is 4.98 Å². The first-order valence-electron chi connectivity index (χ1n) is 5.23. The maximum absolute atomic E-state index is 5.75. The number of aromatic nitrogens is 4. The predicted octanol–water partition coefficient (Wildman–Crippen LogP) is 3.25. The number of ether oxygens (including phenoxy) is 1. The highest BCUT2D eigenvalue weighted by atomic mass is 79.9. The van der Waals surface area contributed by atoms with E-state index in [2.05, 4.69) is 51.8 Å². The number of nitrogen functional groups attached to an aromatic ring is 1. The highest BCUT2D eigenvalue weighted by molar-refractivity contribution is 9.11. The number of imidazole rings is 1. The van der Waals surface area contributed by atoms with E-state index in [0.717, 1.165) is 8.95 Å². The third kappa shape index (κ3) is 2.41. The second-order valence-electron chi connectivity index (χ2n) is 3.66. The Morgan fingerprint density at radius 2 is 2.05 bits per heavy atom. The van der Waals surface area contributed by atoms with Gasteiger partial charge in [0.25, 0.3) is 5.88 Å². The Bertz CT molecular complexity index is 758. The number of nitrogens with one attached hydrogen (secondary N) is 1. The molecule has 0 aliphatic carbocycles. The van der Waals surface area contributed by atoms with Crippen molar-refractivity contribution in [2.75, 3.05) is 5.73 Å². The SMILES string of the molecule is Nc1nc(Oc2ccc(Br)cc2Br)c2[nH]cnc2n1. The summed E-state index contributed by atoms with van der Waals surface area (Å²) in [5.41, 5.74) is 6.69. The highest BCUT2D eigenvalue weighted by Gasteiger charge is 2.12. The molecule has 2 aromatic heterocycles. The lowest BCUT2D eigenvalue weighted by Crippen LogP contribution is -1.98. The molecule has 1 aromatic carbocycles. The highest BCUT2D eigenvalue weighted by Crippen LogP contribution is 2.33. The number of nitrogens with two attached hydrogens (primary N) is 1. The quantitative estimate of drug-likeness (QED) is 0.707. The molecule has 3 N–H and O–H groups in total. The summed E-state index contributed by atoms with van der Waals surface area (Å²) in [5.74, 6) is 1.07. The van der Waals surface area contributed by atoms with Crippen molar-refractivity contribution < 1.29 is 4.74 Å². The van der Waals surface area contributed by atoms with Crippen LogP contribution in [0.2, 0.25) is 0 Å². The lowest BCUT2D eigenvalue weighted by molar-refractivity contribution is 0.465. The molecule has 19 heavy (non-hydrogen) atoms. The molecule has 0 radical (unpaired) electrons. The van der Waals surface area contributed by atoms with Crippen LogP contribution in [0.4, 0.5) is 5.95 Å². The van der Waals surface area contributed by atoms with Gasteiger partial charge in [-0.1, -0.05) is 15.9 Å². The van der Waals surface area contributed by atoms with Gasteiger partial charge in [0.1, 0.15) is 11.3 Å². The number of benzene rings is 1. The minimum Gasteiger partial charge on any atom is -0.436 e. The lowest BCUT2D eigenvalue weighted by Gasteiger charge is -2.08. The number of hydrogen-bond donors (Lipinski definition) is 2. The smallest absolute Gasteiger partial charge is 0.250 e. The van der Waals surface area contributed by atoms with Crippen LogP contribution in [-0.4, -0.2) is 19.9 Å². The normalized spacial score (nSPS) is 10.8. The number of hydrogen-bond acceptors (Lipinski definition) is 5. The molecule has 0 amide bonds. The first-order valence-corrected chi connectivity index (χ1v) is 6.81. The molecule has 0 unspecified atom stereocenters. The largest absolute Gasteiger partial charge is 0.436 e. The fourth-order valence-electron chi connectivity index (χ4n) is 1.56. The van der Waals surface area contributed by atoms with Crippen molar-refractivity contribution in [3.8, 4) is 11.6 Å². The second-order valence-corrected chi connectivity index (χ2v) is 5.43. The summed E-state index contributed by atoms with van der Waals surface area (Å²) in [7, 11) is 0. The summed E-state index contributed by atoms with van der Waals surface area (Å²) in [5, 5.41) is 0. The molecule has 0 spiro atoms. The van der Waals surface area contributed by atoms with Gasteiger partial charge in [0.05, 0.1) is 10.8 Å². The Kier molecular flexibility index (Phi) is 3.11. The van der Waals surface area contributed by atoms with E-state index < -0.39 is 0 Å². The van der Waals surface area contributed by atoms with E-state index in [1.54, 1.807) is 0 Å². The van der Waals surface area contributed by atoms with E-state index in [-0.39, 0.29) is 5.95 Å². The minimum atomic E-state index is 0.114. The zero-order valence-electron chi connectivity index (χ0n) is 9.39. The molecule has 0 atom stereocenters. The minimum absolute atomic E-state index is 0.114. The first-order chi connectivity index (χ1) is 9.13. The molecule has 3 aromatic rings. The van der Waals surface area contributed by atoms with Crippen molar-refractivity contribution in [3.05, 3.63) is 33.5 Å². The van der Waals surface area contributed by atoms with Crippen molar-refractivity contribution in [1.82, 2.24) is 19.9 Å². The molecule has 0 fully saturated rings. The van der Waals surface area contributed by atoms with Crippen molar-refractivity contribution in [2.24, 2.45) is 0 Å². The van der Waals surface area contributed by atoms with E-state index >= 15 is 0 Å². The number of aromatic amines is 1. The summed E-state index contributed by atoms with van der Waals surface area (Å²) < 4.78 is 7.49. The molecular weight excluding hydrogens is 378 g/mol. The average molecular weight is 385 g/mol. The molecule has 6 nitrogen and oxygen atoms in total. The van der Waals surface area contributed by atoms with E-state index in [0.29, 0.717) is 22.8 Å². The van der Waals surface area contributed by atoms with Gasteiger partial charge in [0.2, 0.25) is 5.95 Å². The Morgan fingerprint density at radius 3 is 2.84 bits per heavy atom. The van der Waals surface area contributed by atoms with Gasteiger partial charge in [-0.2, -0.15) is 9.97 Å². The zero-order chi connectivity index (χ0) is 13.4. The van der Waals surface area contributed by atoms with Gasteiger partial charge >= 0.3 is 0 Å². The van der Waals surface area contributed by atoms with Crippen LogP contribution in [0, 0.1) is 0 Å². The van der Waals surface area contributed by atoms with Crippen LogP contribution in [0.15, 0.2) is 33.5 Å². The fraction of sp³-hybridized carbons (Fsp3) is 0. The van der Waals surface area contributed by atoms with Crippen LogP contribution in [0.1, 0.15) is 0 Å². The number of fused-ring (bicyclic) bond motifs is 1. The summed E-state index contributed by atoms with van der Waals surface area (Å²) in [6, 6.07) is 5.56. The summed E-state index contributed by atoms with van der Waals surface area (Å²) in [6.45, 7) is 0. The molecular formula is C11H7Br2N5O. The molecule has 8 heteroatoms. The van der Waals surface area contributed by atoms with Gasteiger partial charge in [0, 0.05) is 4.47 Å². The summed E-state index contributed by atoms with van der Waals surface area (Å²) >= 11 is 6.80. The second kappa shape index (κ2) is 4.78. The molecule has 0 aliphatic heterocycles. The first kappa shape index (κ1) is 12.4. The molecule has 3 rings (SSSR count). The number of rotatable bonds is 2. The Morgan fingerprint density at radius 1 is 1.21 bits per heavy atom. The van der Waals surface area contributed by atoms with Crippen LogP contribution in [0.3, 0.4) is 0 Å². The summed E-state index contributed by atoms with van der Waals surface area (Å²) in [6.07, 6.45) is 1.52. The Hall–Kier alpha value is -1.67. The topological polar surface area (TPSA) is 89.7 Å². The number of anilines is 1. The Labute approximate surface area is 124 Å². The molecule has 0 saturated carbocycles. The maximum atomic E-state index is 5.75. The van der Waals surface area contributed by atoms with Gasteiger partial charge < -0.3 is 15.5 Å². The standard InChI is InChI=1S/C11H7Br2N5O/c12-5-1-2-7(6(13)3-5)19-10-8-9(16-4-15-8)17-11(14)18-10/h1-4H,(H3,14,15,16,17,18). The van der Waals surface area contributed by atoms with Crippen LogP contribution >= 0.6 is 31.9 Å². The van der Waals surface area contributed by atoms with Crippen LogP contribution < -0.4 is 10.5 Å². The van der Waals surface area contributed by atoms with E-state index in [1.807, 2.05) is 18.2 Å². The van der Waals surface area contributed by atoms with Crippen LogP contribution in [-0.2, 0) is 0 Å². The van der Waals surface area contributed by atoms with Crippen molar-refractivity contribution in [1.29, 1.82) is 0 Å². The fourth-order valence-corrected chi connectivity index (χ4v) is 2.69. The monoisotopic (exact) mass is 383 g/mol. The van der Waals surface area contributed by atoms with Crippen LogP contribution in [0.25, 0.3) is 11.2 Å². The van der Waals surface area contributed by atoms with Crippen molar-refractivity contribution in [3.63, 3.8) is 0 Å². The number of H-pyrrole nitrogens is 1. The molecule has 0 bridgehead atoms. The third-order valence-electron chi connectivity index (χ3n) is 2.37. The Balaban J connectivity index is 2.07. The lowest BCUT2D eigenvalue weighted by atomic mass is 10.3. The van der Waals surface area contributed by atoms with Crippen molar-refractivity contribution in [2.45, 2.75) is 0 Å². The molecule has 0 saturated heterocycles. The van der Waals surface area contributed by atoms with Gasteiger partial charge in [-0.3, -0.25) is 0 Å². The summed E-state index contributed by atoms with van der Waals surface area (Å²) in [4.78, 5) is 15.0. The van der Waals surface area contributed by atoms with Gasteiger partial charge in [0.15, 0.2) is 5.65 Å². The van der Waals surface area contributed by atoms with E-state index in [9.17, 15) is 0 Å². The zero-order valence-corrected chi connectivity index (χ0v) is 12.6. The maximum Gasteiger partial charge on any atom is 0.250 e. The van der Waals surface area contributed by atoms with Gasteiger partial charge in [-0.05, 0) is 34.1 Å². The molecule has 96 valence electrons.